The van der Waals surface area contributed by atoms with Crippen molar-refractivity contribution in [2.24, 2.45) is 0 Å². The summed E-state index contributed by atoms with van der Waals surface area (Å²) in [4.78, 5) is 14.3. The molecule has 10 heteroatoms. The lowest BCUT2D eigenvalue weighted by Gasteiger charge is -2.34. The molecule has 2 aromatic rings. The largest absolute Gasteiger partial charge is 0.361 e. The Hall–Kier alpha value is -2.20. The number of aromatic nitrogens is 2. The maximum absolute atomic E-state index is 12.8. The lowest BCUT2D eigenvalue weighted by atomic mass is 10.1. The molecule has 0 radical (unpaired) electrons. The normalized spacial score (nSPS) is 16.1. The molecule has 1 aliphatic heterocycles. The summed E-state index contributed by atoms with van der Waals surface area (Å²) < 4.78 is 37.1. The van der Waals surface area contributed by atoms with Gasteiger partial charge < -0.3 is 13.9 Å². The molecular formula is C17H24N4O5S. The number of aryl methyl sites for hydroxylation is 4. The van der Waals surface area contributed by atoms with Crippen LogP contribution in [0.4, 0.5) is 0 Å². The van der Waals surface area contributed by atoms with Gasteiger partial charge in [0.15, 0.2) is 5.76 Å². The molecule has 3 heterocycles. The van der Waals surface area contributed by atoms with E-state index in [4.69, 9.17) is 9.05 Å². The van der Waals surface area contributed by atoms with Crippen LogP contribution in [0.25, 0.3) is 0 Å². The molecule has 0 spiro atoms. The van der Waals surface area contributed by atoms with Gasteiger partial charge in [-0.1, -0.05) is 10.3 Å². The number of carbonyl (C=O) groups is 1. The van der Waals surface area contributed by atoms with Gasteiger partial charge in [-0.2, -0.15) is 4.31 Å². The van der Waals surface area contributed by atoms with Crippen molar-refractivity contribution in [1.82, 2.24) is 19.5 Å². The quantitative estimate of drug-likeness (QED) is 0.750. The van der Waals surface area contributed by atoms with Crippen molar-refractivity contribution in [1.29, 1.82) is 0 Å². The minimum atomic E-state index is -3.67. The number of sulfonamides is 1. The van der Waals surface area contributed by atoms with Gasteiger partial charge in [0.05, 0.1) is 5.69 Å². The topological polar surface area (TPSA) is 110 Å². The highest BCUT2D eigenvalue weighted by molar-refractivity contribution is 7.89. The molecule has 0 atom stereocenters. The van der Waals surface area contributed by atoms with Crippen LogP contribution in [0.2, 0.25) is 0 Å². The Morgan fingerprint density at radius 2 is 1.56 bits per heavy atom. The molecule has 1 amide bonds. The summed E-state index contributed by atoms with van der Waals surface area (Å²) in [6.45, 7) is 8.12. The van der Waals surface area contributed by atoms with E-state index in [0.717, 1.165) is 17.0 Å². The summed E-state index contributed by atoms with van der Waals surface area (Å²) in [5.41, 5.74) is 2.11. The molecule has 1 aliphatic rings. The van der Waals surface area contributed by atoms with Crippen LogP contribution in [0, 0.1) is 27.7 Å². The van der Waals surface area contributed by atoms with E-state index in [1.807, 2.05) is 13.8 Å². The first-order valence-corrected chi connectivity index (χ1v) is 10.3. The second kappa shape index (κ2) is 7.43. The minimum Gasteiger partial charge on any atom is -0.361 e. The van der Waals surface area contributed by atoms with E-state index in [-0.39, 0.29) is 29.7 Å². The van der Waals surface area contributed by atoms with Gasteiger partial charge in [0.2, 0.25) is 15.9 Å². The Morgan fingerprint density at radius 3 is 2.07 bits per heavy atom. The van der Waals surface area contributed by atoms with Crippen molar-refractivity contribution in [2.45, 2.75) is 45.4 Å². The fraction of sp³-hybridized carbons (Fsp3) is 0.588. The maximum Gasteiger partial charge on any atom is 0.248 e. The van der Waals surface area contributed by atoms with Gasteiger partial charge in [-0.3, -0.25) is 4.79 Å². The van der Waals surface area contributed by atoms with Crippen LogP contribution in [0.15, 0.2) is 13.9 Å². The lowest BCUT2D eigenvalue weighted by molar-refractivity contribution is -0.132. The Labute approximate surface area is 158 Å². The third-order valence-electron chi connectivity index (χ3n) is 4.93. The van der Waals surface area contributed by atoms with Crippen molar-refractivity contribution < 1.29 is 22.3 Å². The molecule has 3 rings (SSSR count). The highest BCUT2D eigenvalue weighted by Crippen LogP contribution is 2.24. The number of hydrogen-bond acceptors (Lipinski definition) is 7. The fourth-order valence-electron chi connectivity index (χ4n) is 3.40. The molecule has 0 unspecified atom stereocenters. The van der Waals surface area contributed by atoms with Crippen LogP contribution in [0.1, 0.15) is 34.9 Å². The monoisotopic (exact) mass is 396 g/mol. The zero-order valence-corrected chi connectivity index (χ0v) is 16.8. The molecule has 0 bridgehead atoms. The summed E-state index contributed by atoms with van der Waals surface area (Å²) in [5.74, 6) is 1.02. The van der Waals surface area contributed by atoms with Crippen LogP contribution < -0.4 is 0 Å². The zero-order valence-electron chi connectivity index (χ0n) is 16.0. The number of amides is 1. The van der Waals surface area contributed by atoms with Gasteiger partial charge in [-0.15, -0.1) is 0 Å². The first-order valence-electron chi connectivity index (χ1n) is 8.84. The van der Waals surface area contributed by atoms with Crippen LogP contribution in [0.3, 0.4) is 0 Å². The van der Waals surface area contributed by atoms with E-state index in [1.165, 1.54) is 4.31 Å². The number of nitrogens with zero attached hydrogens (tertiary/aromatic N) is 4. The molecule has 0 N–H and O–H groups in total. The summed E-state index contributed by atoms with van der Waals surface area (Å²) >= 11 is 0. The number of piperazine rings is 1. The Kier molecular flexibility index (Phi) is 5.38. The molecule has 1 saturated heterocycles. The van der Waals surface area contributed by atoms with E-state index in [1.54, 1.807) is 18.7 Å². The number of hydrogen-bond donors (Lipinski definition) is 0. The molecule has 2 aromatic heterocycles. The van der Waals surface area contributed by atoms with Gasteiger partial charge in [0.25, 0.3) is 0 Å². The number of rotatable bonds is 5. The first-order chi connectivity index (χ1) is 12.7. The van der Waals surface area contributed by atoms with Crippen molar-refractivity contribution in [3.05, 3.63) is 28.5 Å². The SMILES string of the molecule is Cc1noc(C)c1CCC(=O)N1CCN(S(=O)(=O)c2c(C)noc2C)CC1. The summed E-state index contributed by atoms with van der Waals surface area (Å²) in [6, 6.07) is 0. The predicted octanol–water partition coefficient (Wildman–Crippen LogP) is 1.36. The molecule has 148 valence electrons. The van der Waals surface area contributed by atoms with Gasteiger partial charge in [-0.05, 0) is 34.1 Å². The minimum absolute atomic E-state index is 0.00406. The van der Waals surface area contributed by atoms with Crippen molar-refractivity contribution in [3.8, 4) is 0 Å². The summed E-state index contributed by atoms with van der Waals surface area (Å²) in [6.07, 6.45) is 0.914. The van der Waals surface area contributed by atoms with E-state index < -0.39 is 10.0 Å². The Morgan fingerprint density at radius 1 is 0.963 bits per heavy atom. The Bertz CT molecular complexity index is 900. The van der Waals surface area contributed by atoms with E-state index in [2.05, 4.69) is 10.3 Å². The zero-order chi connectivity index (χ0) is 19.8. The van der Waals surface area contributed by atoms with E-state index >= 15 is 0 Å². The number of carbonyl (C=O) groups excluding carboxylic acids is 1. The molecule has 9 nitrogen and oxygen atoms in total. The highest BCUT2D eigenvalue weighted by atomic mass is 32.2. The molecule has 0 saturated carbocycles. The smallest absolute Gasteiger partial charge is 0.248 e. The molecule has 1 fully saturated rings. The molecule has 27 heavy (non-hydrogen) atoms. The first kappa shape index (κ1) is 19.6. The van der Waals surface area contributed by atoms with Crippen LogP contribution in [0.5, 0.6) is 0 Å². The lowest BCUT2D eigenvalue weighted by Crippen LogP contribution is -2.50. The highest BCUT2D eigenvalue weighted by Gasteiger charge is 2.34. The van der Waals surface area contributed by atoms with Gasteiger partial charge >= 0.3 is 0 Å². The van der Waals surface area contributed by atoms with Gasteiger partial charge in [0, 0.05) is 38.2 Å². The van der Waals surface area contributed by atoms with Crippen LogP contribution in [-0.4, -0.2) is 60.0 Å². The second-order valence-electron chi connectivity index (χ2n) is 6.74. The van der Waals surface area contributed by atoms with Gasteiger partial charge in [0.1, 0.15) is 16.3 Å². The average molecular weight is 396 g/mol. The van der Waals surface area contributed by atoms with Crippen molar-refractivity contribution >= 4 is 15.9 Å². The van der Waals surface area contributed by atoms with Crippen LogP contribution in [-0.2, 0) is 21.2 Å². The molecule has 0 aliphatic carbocycles. The molecule has 0 aromatic carbocycles. The fourth-order valence-corrected chi connectivity index (χ4v) is 5.11. The second-order valence-corrected chi connectivity index (χ2v) is 8.62. The third-order valence-corrected chi connectivity index (χ3v) is 7.07. The predicted molar refractivity (Wildman–Crippen MR) is 95.6 cm³/mol. The van der Waals surface area contributed by atoms with Crippen LogP contribution >= 0.6 is 0 Å². The standard InChI is InChI=1S/C17H24N4O5S/c1-11-15(13(3)25-18-11)5-6-16(22)20-7-9-21(10-8-20)27(23,24)17-12(2)19-26-14(17)4/h5-10H2,1-4H3. The van der Waals surface area contributed by atoms with Gasteiger partial charge in [-0.25, -0.2) is 8.42 Å². The van der Waals surface area contributed by atoms with Crippen molar-refractivity contribution in [2.75, 3.05) is 26.2 Å². The summed E-state index contributed by atoms with van der Waals surface area (Å²) in [5, 5.41) is 7.62. The molecular weight excluding hydrogens is 372 g/mol. The van der Waals surface area contributed by atoms with E-state index in [0.29, 0.717) is 31.6 Å². The maximum atomic E-state index is 12.8. The van der Waals surface area contributed by atoms with E-state index in [9.17, 15) is 13.2 Å². The third kappa shape index (κ3) is 3.77. The Balaban J connectivity index is 1.59. The average Bonchev–Trinajstić information content (AvgIpc) is 3.14. The summed E-state index contributed by atoms with van der Waals surface area (Å²) in [7, 11) is -3.67. The van der Waals surface area contributed by atoms with Crippen molar-refractivity contribution in [3.63, 3.8) is 0 Å².